The van der Waals surface area contributed by atoms with E-state index in [0.717, 1.165) is 6.54 Å². The van der Waals surface area contributed by atoms with E-state index in [1.807, 2.05) is 0 Å². The van der Waals surface area contributed by atoms with Gasteiger partial charge < -0.3 is 14.7 Å². The molecule has 2 unspecified atom stereocenters. The number of rotatable bonds is 2. The summed E-state index contributed by atoms with van der Waals surface area (Å²) in [6.07, 6.45) is 2.59. The van der Waals surface area contributed by atoms with Gasteiger partial charge in [-0.05, 0) is 51.6 Å². The monoisotopic (exact) mass is 455 g/mol. The summed E-state index contributed by atoms with van der Waals surface area (Å²) in [5.74, 6) is 0. The maximum atomic E-state index is 4.80. The normalized spacial score (nSPS) is 26.0. The molecule has 0 aliphatic carbocycles. The molecule has 2 saturated heterocycles. The van der Waals surface area contributed by atoms with E-state index >= 15 is 0 Å². The molecule has 2 fully saturated rings. The maximum absolute atomic E-state index is 4.80. The van der Waals surface area contributed by atoms with Crippen molar-refractivity contribution in [2.75, 3.05) is 72.5 Å². The second-order valence-corrected chi connectivity index (χ2v) is 9.46. The zero-order valence-corrected chi connectivity index (χ0v) is 19.2. The number of hydrogen-bond acceptors (Lipinski definition) is 4. The first-order valence-electron chi connectivity index (χ1n) is 9.98. The summed E-state index contributed by atoms with van der Waals surface area (Å²) in [4.78, 5) is 10.5. The number of nitrogens with zero attached hydrogens (tertiary/aromatic N) is 4. The summed E-state index contributed by atoms with van der Waals surface area (Å²) < 4.78 is 0. The van der Waals surface area contributed by atoms with Crippen LogP contribution in [-0.2, 0) is 19.7 Å². The average molecular weight is 456 g/mol. The third-order valence-electron chi connectivity index (χ3n) is 5.47. The van der Waals surface area contributed by atoms with E-state index in [4.69, 9.17) is 20.2 Å². The number of hydrogen-bond donors (Lipinski definition) is 0. The molecular weight excluding hydrogens is 422 g/mol. The molecule has 3 rings (SSSR count). The van der Waals surface area contributed by atoms with Crippen LogP contribution in [0.15, 0.2) is 30.3 Å². The Morgan fingerprint density at radius 3 is 1.96 bits per heavy atom. The van der Waals surface area contributed by atoms with Crippen molar-refractivity contribution in [2.45, 2.75) is 19.4 Å². The Morgan fingerprint density at radius 1 is 0.741 bits per heavy atom. The second kappa shape index (κ2) is 14.2. The van der Waals surface area contributed by atoms with Crippen molar-refractivity contribution in [3.8, 4) is 0 Å². The van der Waals surface area contributed by atoms with Crippen LogP contribution in [0.2, 0.25) is 0 Å². The molecule has 2 aliphatic heterocycles. The summed E-state index contributed by atoms with van der Waals surface area (Å²) in [7, 11) is 11.9. The molecule has 0 N–H and O–H groups in total. The molecule has 0 radical (unpaired) electrons. The zero-order valence-electron chi connectivity index (χ0n) is 16.5. The van der Waals surface area contributed by atoms with Gasteiger partial charge in [-0.1, -0.05) is 30.3 Å². The fourth-order valence-electron chi connectivity index (χ4n) is 3.85. The SMILES string of the molecule is CN1CCCN2CCN(CCCN(Cc3ccccc3)CC2)CC1.[Cl][Mn][Cl]. The molecule has 2 aliphatic rings. The van der Waals surface area contributed by atoms with E-state index in [1.54, 1.807) is 0 Å². The van der Waals surface area contributed by atoms with Gasteiger partial charge in [0.05, 0.1) is 0 Å². The summed E-state index contributed by atoms with van der Waals surface area (Å²) in [6, 6.07) is 11.0. The van der Waals surface area contributed by atoms with Crippen LogP contribution in [0.5, 0.6) is 0 Å². The topological polar surface area (TPSA) is 13.0 Å². The van der Waals surface area contributed by atoms with Gasteiger partial charge in [0.2, 0.25) is 0 Å². The molecule has 2 atom stereocenters. The predicted octanol–water partition coefficient (Wildman–Crippen LogP) is 3.21. The molecule has 0 spiro atoms. The van der Waals surface area contributed by atoms with Crippen LogP contribution in [-0.4, -0.2) is 92.1 Å². The van der Waals surface area contributed by atoms with Crippen molar-refractivity contribution >= 4 is 20.2 Å². The molecule has 155 valence electrons. The molecule has 1 aromatic rings. The molecule has 1 aromatic carbocycles. The Hall–Kier alpha value is 0.159. The third-order valence-corrected chi connectivity index (χ3v) is 5.47. The fraction of sp³-hybridized carbons (Fsp3) is 0.700. The van der Waals surface area contributed by atoms with Crippen LogP contribution in [0.25, 0.3) is 0 Å². The molecule has 2 bridgehead atoms. The van der Waals surface area contributed by atoms with Gasteiger partial charge >= 0.3 is 33.3 Å². The molecular formula is C20H34Cl2MnN4. The van der Waals surface area contributed by atoms with Gasteiger partial charge in [-0.15, -0.1) is 0 Å². The van der Waals surface area contributed by atoms with Crippen LogP contribution in [0, 0.1) is 0 Å². The van der Waals surface area contributed by atoms with Crippen LogP contribution in [0.1, 0.15) is 18.4 Å². The Labute approximate surface area is 180 Å². The Kier molecular flexibility index (Phi) is 12.3. The van der Waals surface area contributed by atoms with E-state index in [2.05, 4.69) is 57.0 Å². The zero-order chi connectivity index (χ0) is 19.3. The first kappa shape index (κ1) is 23.4. The van der Waals surface area contributed by atoms with Gasteiger partial charge in [0.15, 0.2) is 0 Å². The Morgan fingerprint density at radius 2 is 1.30 bits per heavy atom. The van der Waals surface area contributed by atoms with Crippen molar-refractivity contribution < 1.29 is 13.1 Å². The molecule has 0 amide bonds. The third kappa shape index (κ3) is 9.96. The van der Waals surface area contributed by atoms with Crippen LogP contribution in [0.4, 0.5) is 0 Å². The van der Waals surface area contributed by atoms with E-state index in [-0.39, 0.29) is 13.1 Å². The van der Waals surface area contributed by atoms with Crippen molar-refractivity contribution in [1.29, 1.82) is 0 Å². The minimum absolute atomic E-state index is 0.00694. The molecule has 2 heterocycles. The molecule has 7 heteroatoms. The Balaban J connectivity index is 0.000000817. The van der Waals surface area contributed by atoms with E-state index in [0.29, 0.717) is 0 Å². The van der Waals surface area contributed by atoms with Crippen molar-refractivity contribution in [2.24, 2.45) is 0 Å². The molecule has 0 aromatic heterocycles. The van der Waals surface area contributed by atoms with Gasteiger partial charge in [-0.2, -0.15) is 0 Å². The first-order chi connectivity index (χ1) is 13.2. The standard InChI is InChI=1S/C20H34N4.2ClH.Mn/c1-21-9-5-10-23-16-15-22(14-13-21)11-6-12-24(18-17-23)19-20-7-3-2-4-8-20;;;/h2-4,7-8H,5-6,9-19H2,1H3;2*1H;/q;;;+2/p-2. The van der Waals surface area contributed by atoms with Gasteiger partial charge in [-0.25, -0.2) is 0 Å². The van der Waals surface area contributed by atoms with Crippen molar-refractivity contribution in [3.63, 3.8) is 0 Å². The molecule has 4 nitrogen and oxygen atoms in total. The molecule has 0 saturated carbocycles. The van der Waals surface area contributed by atoms with Gasteiger partial charge in [0.1, 0.15) is 0 Å². The van der Waals surface area contributed by atoms with E-state index in [1.165, 1.54) is 83.9 Å². The summed E-state index contributed by atoms with van der Waals surface area (Å²) >= 11 is 0.00694. The van der Waals surface area contributed by atoms with Crippen LogP contribution in [0.3, 0.4) is 0 Å². The summed E-state index contributed by atoms with van der Waals surface area (Å²) in [5, 5.41) is 0. The van der Waals surface area contributed by atoms with Crippen molar-refractivity contribution in [3.05, 3.63) is 35.9 Å². The Bertz CT molecular complexity index is 494. The van der Waals surface area contributed by atoms with Crippen LogP contribution >= 0.6 is 20.2 Å². The number of benzene rings is 1. The van der Waals surface area contributed by atoms with E-state index < -0.39 is 0 Å². The predicted molar refractivity (Wildman–Crippen MR) is 113 cm³/mol. The van der Waals surface area contributed by atoms with Gasteiger partial charge in [-0.3, -0.25) is 4.90 Å². The second-order valence-electron chi connectivity index (χ2n) is 7.51. The number of likely N-dealkylation sites (N-methyl/N-ethyl adjacent to an activating group) is 1. The first-order valence-corrected chi connectivity index (χ1v) is 13.2. The quantitative estimate of drug-likeness (QED) is 0.634. The minimum atomic E-state index is 0.00694. The number of fused-ring (bicyclic) bond motifs is 3. The summed E-state index contributed by atoms with van der Waals surface area (Å²) in [5.41, 5.74) is 1.45. The van der Waals surface area contributed by atoms with Crippen LogP contribution < -0.4 is 0 Å². The summed E-state index contributed by atoms with van der Waals surface area (Å²) in [6.45, 7) is 13.4. The van der Waals surface area contributed by atoms with Gasteiger partial charge in [0, 0.05) is 45.8 Å². The molecule has 27 heavy (non-hydrogen) atoms. The van der Waals surface area contributed by atoms with Crippen molar-refractivity contribution in [1.82, 2.24) is 19.6 Å². The number of halogens is 2. The van der Waals surface area contributed by atoms with E-state index in [9.17, 15) is 0 Å². The van der Waals surface area contributed by atoms with Gasteiger partial charge in [0.25, 0.3) is 0 Å². The average Bonchev–Trinajstić information content (AvgIpc) is 2.68. The fourth-order valence-corrected chi connectivity index (χ4v) is 3.85.